The number of nitrogens with one attached hydrogen (secondary N) is 1. The largest absolute Gasteiger partial charge is 0.488 e. The molecule has 0 spiro atoms. The number of hydrogen-bond donors (Lipinski definition) is 1. The molecule has 248 valence electrons. The molecule has 7 nitrogen and oxygen atoms in total. The fourth-order valence-electron chi connectivity index (χ4n) is 7.59. The number of barbiturate groups is 1. The number of para-hydroxylation sites is 1. The molecule has 3 heterocycles. The van der Waals surface area contributed by atoms with E-state index >= 15 is 0 Å². The molecule has 50 heavy (non-hydrogen) atoms. The molecular weight excluding hydrogens is 622 g/mol. The number of aryl methyl sites for hydroxylation is 1. The molecule has 5 aromatic carbocycles. The Hall–Kier alpha value is -5.95. The van der Waals surface area contributed by atoms with Crippen molar-refractivity contribution in [1.82, 2.24) is 5.32 Å². The lowest BCUT2D eigenvalue weighted by Crippen LogP contribution is -2.54. The van der Waals surface area contributed by atoms with Gasteiger partial charge in [0.1, 0.15) is 17.9 Å². The molecule has 8 rings (SSSR count). The van der Waals surface area contributed by atoms with Crippen LogP contribution in [-0.2, 0) is 16.2 Å². The van der Waals surface area contributed by atoms with Crippen LogP contribution < -0.4 is 19.9 Å². The fourth-order valence-corrected chi connectivity index (χ4v) is 7.59. The number of hydrogen-bond acceptors (Lipinski definition) is 5. The molecule has 0 unspecified atom stereocenters. The van der Waals surface area contributed by atoms with Crippen molar-refractivity contribution in [1.29, 1.82) is 0 Å². The summed E-state index contributed by atoms with van der Waals surface area (Å²) in [5.41, 5.74) is 8.80. The molecule has 7 heteroatoms. The van der Waals surface area contributed by atoms with Crippen molar-refractivity contribution in [2.75, 3.05) is 22.9 Å². The van der Waals surface area contributed by atoms with Crippen LogP contribution in [0.2, 0.25) is 0 Å². The van der Waals surface area contributed by atoms with Crippen LogP contribution in [0.3, 0.4) is 0 Å². The zero-order chi connectivity index (χ0) is 34.2. The number of carbonyl (C=O) groups excluding carboxylic acids is 3. The van der Waals surface area contributed by atoms with E-state index in [-0.39, 0.29) is 17.4 Å². The second kappa shape index (κ2) is 13.2. The van der Waals surface area contributed by atoms with Gasteiger partial charge in [0.15, 0.2) is 0 Å². The second-order valence-corrected chi connectivity index (χ2v) is 13.2. The average Bonchev–Trinajstić information content (AvgIpc) is 3.14. The van der Waals surface area contributed by atoms with Gasteiger partial charge in [-0.15, -0.1) is 0 Å². The smallest absolute Gasteiger partial charge is 0.335 e. The molecule has 2 atom stereocenters. The van der Waals surface area contributed by atoms with Gasteiger partial charge in [-0.3, -0.25) is 14.9 Å². The molecule has 0 radical (unpaired) electrons. The van der Waals surface area contributed by atoms with E-state index in [1.807, 2.05) is 73.7 Å². The van der Waals surface area contributed by atoms with Crippen LogP contribution in [-0.4, -0.2) is 30.9 Å². The second-order valence-electron chi connectivity index (χ2n) is 13.2. The van der Waals surface area contributed by atoms with Gasteiger partial charge >= 0.3 is 6.03 Å². The highest BCUT2D eigenvalue weighted by molar-refractivity contribution is 6.39. The lowest BCUT2D eigenvalue weighted by Gasteiger charge is -2.44. The normalized spacial score (nSPS) is 19.3. The predicted molar refractivity (Wildman–Crippen MR) is 195 cm³/mol. The van der Waals surface area contributed by atoms with Crippen LogP contribution in [0.15, 0.2) is 127 Å². The highest BCUT2D eigenvalue weighted by Crippen LogP contribution is 2.50. The van der Waals surface area contributed by atoms with Crippen LogP contribution in [0.25, 0.3) is 6.08 Å². The zero-order valence-electron chi connectivity index (χ0n) is 27.8. The molecule has 1 saturated heterocycles. The van der Waals surface area contributed by atoms with Crippen LogP contribution >= 0.6 is 0 Å². The minimum Gasteiger partial charge on any atom is -0.488 e. The molecule has 3 aliphatic rings. The first kappa shape index (κ1) is 31.3. The van der Waals surface area contributed by atoms with Gasteiger partial charge in [0.2, 0.25) is 0 Å². The topological polar surface area (TPSA) is 79.0 Å². The van der Waals surface area contributed by atoms with Crippen LogP contribution in [0.1, 0.15) is 63.6 Å². The van der Waals surface area contributed by atoms with Gasteiger partial charge in [-0.05, 0) is 71.9 Å². The first-order chi connectivity index (χ1) is 24.4. The Morgan fingerprint density at radius 3 is 1.94 bits per heavy atom. The first-order valence-corrected chi connectivity index (χ1v) is 17.2. The SMILES string of the molecule is Cc1ccc(COc2ccccc2/C=C2\C(=O)NC(=O)N(c3cc4c5c(c3)[C@H](c3ccccc3)CCN5CC[C@@H]4c3ccccc3)C2=O)cc1. The van der Waals surface area contributed by atoms with Crippen molar-refractivity contribution in [3.63, 3.8) is 0 Å². The number of anilines is 2. The lowest BCUT2D eigenvalue weighted by molar-refractivity contribution is -0.122. The number of rotatable bonds is 7. The van der Waals surface area contributed by atoms with Gasteiger partial charge in [-0.2, -0.15) is 0 Å². The van der Waals surface area contributed by atoms with Crippen LogP contribution in [0.5, 0.6) is 5.75 Å². The summed E-state index contributed by atoms with van der Waals surface area (Å²) >= 11 is 0. The van der Waals surface area contributed by atoms with Crippen molar-refractivity contribution in [3.05, 3.63) is 166 Å². The maximum absolute atomic E-state index is 14.3. The van der Waals surface area contributed by atoms with Crippen molar-refractivity contribution in [2.24, 2.45) is 0 Å². The molecule has 1 fully saturated rings. The third-order valence-electron chi connectivity index (χ3n) is 10.1. The number of carbonyl (C=O) groups is 3. The van der Waals surface area contributed by atoms with Gasteiger partial charge in [0.05, 0.1) is 5.69 Å². The van der Waals surface area contributed by atoms with Gasteiger partial charge in [0.25, 0.3) is 11.8 Å². The van der Waals surface area contributed by atoms with Gasteiger partial charge in [-0.25, -0.2) is 9.69 Å². The molecule has 1 N–H and O–H groups in total. The van der Waals surface area contributed by atoms with E-state index in [1.165, 1.54) is 22.9 Å². The fraction of sp³-hybridized carbons (Fsp3) is 0.186. The Morgan fingerprint density at radius 2 is 1.32 bits per heavy atom. The molecule has 0 saturated carbocycles. The van der Waals surface area contributed by atoms with E-state index in [1.54, 1.807) is 6.07 Å². The monoisotopic (exact) mass is 659 g/mol. The van der Waals surface area contributed by atoms with Crippen LogP contribution in [0.4, 0.5) is 16.2 Å². The van der Waals surface area contributed by atoms with E-state index in [9.17, 15) is 14.4 Å². The number of imide groups is 2. The van der Waals surface area contributed by atoms with Crippen molar-refractivity contribution < 1.29 is 19.1 Å². The first-order valence-electron chi connectivity index (χ1n) is 17.2. The highest BCUT2D eigenvalue weighted by Gasteiger charge is 2.40. The average molecular weight is 660 g/mol. The third-order valence-corrected chi connectivity index (χ3v) is 10.1. The van der Waals surface area contributed by atoms with Gasteiger partial charge in [-0.1, -0.05) is 109 Å². The lowest BCUT2D eigenvalue weighted by atomic mass is 9.76. The summed E-state index contributed by atoms with van der Waals surface area (Å²) in [5, 5.41) is 2.45. The number of benzene rings is 5. The molecule has 5 aromatic rings. The zero-order valence-corrected chi connectivity index (χ0v) is 27.8. The highest BCUT2D eigenvalue weighted by atomic mass is 16.5. The van der Waals surface area contributed by atoms with Crippen molar-refractivity contribution >= 4 is 35.3 Å². The summed E-state index contributed by atoms with van der Waals surface area (Å²) < 4.78 is 6.15. The molecule has 0 aliphatic carbocycles. The minimum absolute atomic E-state index is 0.0906. The summed E-state index contributed by atoms with van der Waals surface area (Å²) in [4.78, 5) is 44.9. The Morgan fingerprint density at radius 1 is 0.740 bits per heavy atom. The van der Waals surface area contributed by atoms with Gasteiger partial charge < -0.3 is 9.64 Å². The number of urea groups is 1. The van der Waals surface area contributed by atoms with E-state index < -0.39 is 17.8 Å². The summed E-state index contributed by atoms with van der Waals surface area (Å²) in [6.07, 6.45) is 3.35. The van der Waals surface area contributed by atoms with Gasteiger partial charge in [0, 0.05) is 36.2 Å². The van der Waals surface area contributed by atoms with E-state index in [2.05, 4.69) is 58.7 Å². The molecular formula is C43H37N3O4. The standard InChI is InChI=1S/C43H37N3O4/c1-28-16-18-29(19-17-28)27-50-39-15-9-8-14-32(39)24-38-41(47)44-43(49)46(42(38)48)33-25-36-34(30-10-4-2-5-11-30)20-22-45-23-21-35(37(26-33)40(36)45)31-12-6-3-7-13-31/h2-19,24-26,34-35H,20-23,27H2,1H3,(H,44,47,49)/b38-24+/t34-,35+. The predicted octanol–water partition coefficient (Wildman–Crippen LogP) is 8.12. The molecule has 3 aliphatic heterocycles. The van der Waals surface area contributed by atoms with Crippen molar-refractivity contribution in [2.45, 2.75) is 38.2 Å². The summed E-state index contributed by atoms with van der Waals surface area (Å²) in [7, 11) is 0. The number of nitrogens with zero attached hydrogens (tertiary/aromatic N) is 2. The van der Waals surface area contributed by atoms with Crippen molar-refractivity contribution in [3.8, 4) is 5.75 Å². The Bertz CT molecular complexity index is 2050. The Kier molecular flexibility index (Phi) is 8.25. The van der Waals surface area contributed by atoms with E-state index in [0.29, 0.717) is 23.6 Å². The third kappa shape index (κ3) is 5.85. The van der Waals surface area contributed by atoms with E-state index in [0.717, 1.165) is 53.1 Å². The number of ether oxygens (including phenoxy) is 1. The Labute approximate surface area is 291 Å². The van der Waals surface area contributed by atoms with E-state index in [4.69, 9.17) is 4.74 Å². The summed E-state index contributed by atoms with van der Waals surface area (Å²) in [5.74, 6) is -0.699. The molecule has 0 bridgehead atoms. The minimum atomic E-state index is -0.760. The summed E-state index contributed by atoms with van der Waals surface area (Å²) in [6, 6.07) is 39.4. The molecule has 4 amide bonds. The van der Waals surface area contributed by atoms with Crippen LogP contribution in [0, 0.1) is 6.92 Å². The maximum atomic E-state index is 14.3. The quantitative estimate of drug-likeness (QED) is 0.141. The Balaban J connectivity index is 1.20. The maximum Gasteiger partial charge on any atom is 0.335 e. The molecule has 0 aromatic heterocycles. The summed E-state index contributed by atoms with van der Waals surface area (Å²) in [6.45, 7) is 4.21. The number of amides is 4.